The van der Waals surface area contributed by atoms with Crippen LogP contribution in [0.5, 0.6) is 0 Å². The Hall–Kier alpha value is -2.82. The van der Waals surface area contributed by atoms with Crippen LogP contribution in [-0.2, 0) is 22.4 Å². The van der Waals surface area contributed by atoms with Gasteiger partial charge < -0.3 is 5.32 Å². The highest BCUT2D eigenvalue weighted by Crippen LogP contribution is 2.28. The van der Waals surface area contributed by atoms with Crippen LogP contribution in [0.25, 0.3) is 6.08 Å². The Morgan fingerprint density at radius 1 is 1.27 bits per heavy atom. The van der Waals surface area contributed by atoms with E-state index in [9.17, 15) is 9.59 Å². The van der Waals surface area contributed by atoms with Gasteiger partial charge in [0.1, 0.15) is 6.33 Å². The van der Waals surface area contributed by atoms with Crippen LogP contribution in [0.1, 0.15) is 16.7 Å². The first-order chi connectivity index (χ1) is 10.7. The van der Waals surface area contributed by atoms with Crippen molar-refractivity contribution in [2.24, 2.45) is 0 Å². The number of benzene rings is 1. The lowest BCUT2D eigenvalue weighted by Crippen LogP contribution is -2.21. The number of hydrogen-bond donors (Lipinski definition) is 1. The molecule has 0 saturated carbocycles. The number of carbonyl (C=O) groups is 2. The fourth-order valence-corrected chi connectivity index (χ4v) is 2.60. The Morgan fingerprint density at radius 3 is 2.77 bits per heavy atom. The van der Waals surface area contributed by atoms with E-state index in [-0.39, 0.29) is 30.0 Å². The van der Waals surface area contributed by atoms with Gasteiger partial charge in [0.15, 0.2) is 11.6 Å². The minimum atomic E-state index is -0.194. The van der Waals surface area contributed by atoms with E-state index in [2.05, 4.69) is 15.3 Å². The van der Waals surface area contributed by atoms with E-state index >= 15 is 0 Å². The van der Waals surface area contributed by atoms with Gasteiger partial charge >= 0.3 is 0 Å². The standard InChI is InChI=1S/C17H15N3O2/c1-18-15-4-2-3-12-6-14(17(22)7-13(12)15)16(21)5-11-8-19-10-20-9-11/h2-4,6,8-10,18H,5,7H2,1H3. The van der Waals surface area contributed by atoms with Crippen LogP contribution in [-0.4, -0.2) is 28.6 Å². The monoisotopic (exact) mass is 293 g/mol. The summed E-state index contributed by atoms with van der Waals surface area (Å²) in [6.07, 6.45) is 6.66. The third-order valence-corrected chi connectivity index (χ3v) is 3.70. The number of rotatable bonds is 4. The SMILES string of the molecule is CNc1cccc2c1CC(=O)C(C(=O)Cc1cncnc1)=C2. The lowest BCUT2D eigenvalue weighted by Gasteiger charge is -2.18. The van der Waals surface area contributed by atoms with Crippen molar-refractivity contribution in [1.82, 2.24) is 9.97 Å². The smallest absolute Gasteiger partial charge is 0.170 e. The number of fused-ring (bicyclic) bond motifs is 1. The molecule has 1 aliphatic carbocycles. The number of anilines is 1. The summed E-state index contributed by atoms with van der Waals surface area (Å²) < 4.78 is 0. The van der Waals surface area contributed by atoms with Crippen LogP contribution in [0.3, 0.4) is 0 Å². The molecule has 0 atom stereocenters. The highest BCUT2D eigenvalue weighted by molar-refractivity contribution is 6.25. The van der Waals surface area contributed by atoms with Crippen LogP contribution in [0.4, 0.5) is 5.69 Å². The van der Waals surface area contributed by atoms with E-state index in [1.807, 2.05) is 25.2 Å². The Labute approximate surface area is 128 Å². The number of aromatic nitrogens is 2. The molecule has 110 valence electrons. The molecule has 22 heavy (non-hydrogen) atoms. The predicted octanol–water partition coefficient (Wildman–Crippen LogP) is 1.84. The first-order valence-corrected chi connectivity index (χ1v) is 7.00. The molecule has 0 fully saturated rings. The third-order valence-electron chi connectivity index (χ3n) is 3.70. The topological polar surface area (TPSA) is 72.0 Å². The van der Waals surface area contributed by atoms with Crippen LogP contribution in [0.15, 0.2) is 42.5 Å². The van der Waals surface area contributed by atoms with E-state index in [1.165, 1.54) is 6.33 Å². The molecule has 3 rings (SSSR count). The van der Waals surface area contributed by atoms with Crippen LogP contribution in [0.2, 0.25) is 0 Å². The zero-order chi connectivity index (χ0) is 15.5. The lowest BCUT2D eigenvalue weighted by molar-refractivity contribution is -0.120. The molecule has 2 aromatic rings. The van der Waals surface area contributed by atoms with E-state index < -0.39 is 0 Å². The maximum atomic E-state index is 12.4. The van der Waals surface area contributed by atoms with Crippen LogP contribution < -0.4 is 5.32 Å². The summed E-state index contributed by atoms with van der Waals surface area (Å²) in [4.78, 5) is 32.5. The molecule has 0 amide bonds. The van der Waals surface area contributed by atoms with Crippen molar-refractivity contribution >= 4 is 23.3 Å². The average molecular weight is 293 g/mol. The normalized spacial score (nSPS) is 13.3. The molecule has 0 unspecified atom stereocenters. The fraction of sp³-hybridized carbons (Fsp3) is 0.176. The van der Waals surface area contributed by atoms with Gasteiger partial charge in [0.25, 0.3) is 0 Å². The van der Waals surface area contributed by atoms with Crippen LogP contribution in [0, 0.1) is 0 Å². The van der Waals surface area contributed by atoms with Crippen molar-refractivity contribution in [3.8, 4) is 0 Å². The molecule has 5 nitrogen and oxygen atoms in total. The summed E-state index contributed by atoms with van der Waals surface area (Å²) in [5.41, 5.74) is 3.74. The van der Waals surface area contributed by atoms with Gasteiger partial charge in [-0.15, -0.1) is 0 Å². The molecule has 0 aliphatic heterocycles. The van der Waals surface area contributed by atoms with Gasteiger partial charge in [0.05, 0.1) is 5.57 Å². The second-order valence-corrected chi connectivity index (χ2v) is 5.13. The fourth-order valence-electron chi connectivity index (χ4n) is 2.60. The minimum Gasteiger partial charge on any atom is -0.388 e. The van der Waals surface area contributed by atoms with E-state index in [4.69, 9.17) is 0 Å². The van der Waals surface area contributed by atoms with Crippen molar-refractivity contribution in [2.45, 2.75) is 12.8 Å². The second kappa shape index (κ2) is 5.89. The quantitative estimate of drug-likeness (QED) is 0.871. The Bertz CT molecular complexity index is 767. The van der Waals surface area contributed by atoms with Crippen molar-refractivity contribution in [3.63, 3.8) is 0 Å². The number of allylic oxidation sites excluding steroid dienone is 1. The molecule has 0 radical (unpaired) electrons. The van der Waals surface area contributed by atoms with E-state index in [0.717, 1.165) is 16.8 Å². The Balaban J connectivity index is 1.92. The highest BCUT2D eigenvalue weighted by Gasteiger charge is 2.25. The first-order valence-electron chi connectivity index (χ1n) is 7.00. The molecule has 5 heteroatoms. The van der Waals surface area contributed by atoms with E-state index in [0.29, 0.717) is 5.56 Å². The molecule has 1 aliphatic rings. The molecular weight excluding hydrogens is 278 g/mol. The van der Waals surface area contributed by atoms with Crippen LogP contribution >= 0.6 is 0 Å². The number of hydrogen-bond acceptors (Lipinski definition) is 5. The number of nitrogens with zero attached hydrogens (tertiary/aromatic N) is 2. The summed E-state index contributed by atoms with van der Waals surface area (Å²) in [6.45, 7) is 0. The third kappa shape index (κ3) is 2.65. The zero-order valence-corrected chi connectivity index (χ0v) is 12.2. The Kier molecular flexibility index (Phi) is 3.78. The summed E-state index contributed by atoms with van der Waals surface area (Å²) in [5.74, 6) is -0.336. The average Bonchev–Trinajstić information content (AvgIpc) is 2.54. The van der Waals surface area contributed by atoms with Gasteiger partial charge in [0.2, 0.25) is 0 Å². The number of Topliss-reactive ketones (excluding diaryl/α,β-unsaturated/α-hetero) is 2. The number of ketones is 2. The van der Waals surface area contributed by atoms with Crippen molar-refractivity contribution in [2.75, 3.05) is 12.4 Å². The number of nitrogens with one attached hydrogen (secondary N) is 1. The molecule has 1 aromatic carbocycles. The Morgan fingerprint density at radius 2 is 2.05 bits per heavy atom. The summed E-state index contributed by atoms with van der Waals surface area (Å²) in [5, 5.41) is 3.08. The minimum absolute atomic E-state index is 0.138. The molecule has 1 aromatic heterocycles. The molecule has 0 bridgehead atoms. The van der Waals surface area contributed by atoms with Gasteiger partial charge in [0, 0.05) is 38.0 Å². The summed E-state index contributed by atoms with van der Waals surface area (Å²) >= 11 is 0. The molecule has 0 saturated heterocycles. The molecule has 1 heterocycles. The number of carbonyl (C=O) groups excluding carboxylic acids is 2. The molecule has 1 N–H and O–H groups in total. The maximum absolute atomic E-state index is 12.4. The largest absolute Gasteiger partial charge is 0.388 e. The summed E-state index contributed by atoms with van der Waals surface area (Å²) in [7, 11) is 1.82. The van der Waals surface area contributed by atoms with Gasteiger partial charge in [-0.1, -0.05) is 12.1 Å². The second-order valence-electron chi connectivity index (χ2n) is 5.13. The zero-order valence-electron chi connectivity index (χ0n) is 12.2. The molecular formula is C17H15N3O2. The van der Waals surface area contributed by atoms with Crippen molar-refractivity contribution < 1.29 is 9.59 Å². The van der Waals surface area contributed by atoms with Gasteiger partial charge in [-0.05, 0) is 28.8 Å². The predicted molar refractivity (Wildman–Crippen MR) is 83.4 cm³/mol. The van der Waals surface area contributed by atoms with Gasteiger partial charge in [-0.2, -0.15) is 0 Å². The first kappa shape index (κ1) is 14.1. The maximum Gasteiger partial charge on any atom is 0.170 e. The summed E-state index contributed by atoms with van der Waals surface area (Å²) in [6, 6.07) is 5.75. The molecule has 0 spiro atoms. The van der Waals surface area contributed by atoms with Gasteiger partial charge in [-0.25, -0.2) is 9.97 Å². The van der Waals surface area contributed by atoms with E-state index in [1.54, 1.807) is 18.5 Å². The lowest BCUT2D eigenvalue weighted by atomic mass is 9.87. The highest BCUT2D eigenvalue weighted by atomic mass is 16.1. The van der Waals surface area contributed by atoms with Gasteiger partial charge in [-0.3, -0.25) is 9.59 Å². The van der Waals surface area contributed by atoms with Crippen molar-refractivity contribution in [3.05, 3.63) is 59.2 Å². The van der Waals surface area contributed by atoms with Crippen molar-refractivity contribution in [1.29, 1.82) is 0 Å².